The lowest BCUT2D eigenvalue weighted by atomic mass is 9.67. The van der Waals surface area contributed by atoms with Crippen LogP contribution in [0.2, 0.25) is 0 Å². The predicted molar refractivity (Wildman–Crippen MR) is 77.9 cm³/mol. The molecule has 3 aliphatic carbocycles. The third kappa shape index (κ3) is 1.85. The molecule has 0 radical (unpaired) electrons. The zero-order valence-corrected chi connectivity index (χ0v) is 12.5. The van der Waals surface area contributed by atoms with Gasteiger partial charge in [0.05, 0.1) is 0 Å². The Hall–Kier alpha value is -0.830. The fourth-order valence-corrected chi connectivity index (χ4v) is 4.65. The van der Waals surface area contributed by atoms with E-state index in [1.165, 1.54) is 37.7 Å². The first-order valence-electron chi connectivity index (χ1n) is 7.32. The summed E-state index contributed by atoms with van der Waals surface area (Å²) in [7, 11) is 0. The van der Waals surface area contributed by atoms with Gasteiger partial charge in [0.1, 0.15) is 0 Å². The first-order chi connectivity index (χ1) is 9.22. The maximum Gasteiger partial charge on any atom is 0.254 e. The van der Waals surface area contributed by atoms with Gasteiger partial charge < -0.3 is 4.90 Å². The van der Waals surface area contributed by atoms with Crippen molar-refractivity contribution in [2.75, 3.05) is 0 Å². The molecule has 3 heteroatoms. The van der Waals surface area contributed by atoms with Gasteiger partial charge in [-0.25, -0.2) is 0 Å². The van der Waals surface area contributed by atoms with Crippen molar-refractivity contribution in [1.82, 2.24) is 4.90 Å². The Kier molecular flexibility index (Phi) is 2.73. The lowest BCUT2D eigenvalue weighted by Crippen LogP contribution is -2.47. The van der Waals surface area contributed by atoms with Crippen molar-refractivity contribution in [2.24, 2.45) is 11.8 Å². The van der Waals surface area contributed by atoms with E-state index in [1.54, 1.807) is 0 Å². The van der Waals surface area contributed by atoms with Gasteiger partial charge >= 0.3 is 0 Å². The van der Waals surface area contributed by atoms with Crippen molar-refractivity contribution >= 4 is 21.8 Å². The van der Waals surface area contributed by atoms with E-state index in [0.29, 0.717) is 6.04 Å². The van der Waals surface area contributed by atoms with Gasteiger partial charge in [-0.15, -0.1) is 0 Å². The third-order valence-corrected chi connectivity index (χ3v) is 5.81. The van der Waals surface area contributed by atoms with Crippen molar-refractivity contribution < 1.29 is 4.79 Å². The summed E-state index contributed by atoms with van der Waals surface area (Å²) in [5.74, 6) is 1.89. The molecule has 0 aromatic heterocycles. The first kappa shape index (κ1) is 12.0. The smallest absolute Gasteiger partial charge is 0.254 e. The number of nitrogens with zero attached hydrogens (tertiary/aromatic N) is 1. The monoisotopic (exact) mass is 319 g/mol. The molecular weight excluding hydrogens is 302 g/mol. The summed E-state index contributed by atoms with van der Waals surface area (Å²) < 4.78 is 1.01. The van der Waals surface area contributed by atoms with Crippen LogP contribution in [-0.4, -0.2) is 16.8 Å². The number of carbonyl (C=O) groups excluding carboxylic acids is 1. The predicted octanol–water partition coefficient (Wildman–Crippen LogP) is 3.98. The van der Waals surface area contributed by atoms with Gasteiger partial charge in [0.2, 0.25) is 0 Å². The normalized spacial score (nSPS) is 32.8. The lowest BCUT2D eigenvalue weighted by Gasteiger charge is -2.46. The van der Waals surface area contributed by atoms with Crippen LogP contribution in [0.4, 0.5) is 0 Å². The molecule has 1 aromatic rings. The van der Waals surface area contributed by atoms with Gasteiger partial charge in [0.15, 0.2) is 0 Å². The van der Waals surface area contributed by atoms with E-state index in [2.05, 4.69) is 26.9 Å². The van der Waals surface area contributed by atoms with Crippen LogP contribution < -0.4 is 0 Å². The molecule has 1 aliphatic heterocycles. The van der Waals surface area contributed by atoms with Gasteiger partial charge in [-0.1, -0.05) is 34.8 Å². The van der Waals surface area contributed by atoms with Crippen molar-refractivity contribution in [3.8, 4) is 0 Å². The van der Waals surface area contributed by atoms with E-state index in [1.807, 2.05) is 12.1 Å². The van der Waals surface area contributed by atoms with Crippen LogP contribution in [0, 0.1) is 11.8 Å². The number of hydrogen-bond acceptors (Lipinski definition) is 1. The van der Waals surface area contributed by atoms with Crippen LogP contribution >= 0.6 is 15.9 Å². The SMILES string of the molecule is O=C1c2cc(Br)ccc2CN1C1CC2CCC1CC2. The Balaban J connectivity index is 1.63. The van der Waals surface area contributed by atoms with Gasteiger partial charge in [-0.3, -0.25) is 4.79 Å². The molecule has 2 nitrogen and oxygen atoms in total. The number of benzene rings is 1. The second-order valence-corrected chi connectivity index (χ2v) is 7.23. The molecule has 1 unspecified atom stereocenters. The van der Waals surface area contributed by atoms with Crippen LogP contribution in [0.3, 0.4) is 0 Å². The maximum atomic E-state index is 12.6. The van der Waals surface area contributed by atoms with Gasteiger partial charge in [-0.05, 0) is 48.8 Å². The van der Waals surface area contributed by atoms with Crippen molar-refractivity contribution in [2.45, 2.75) is 44.7 Å². The number of fused-ring (bicyclic) bond motifs is 4. The first-order valence-corrected chi connectivity index (χ1v) is 8.11. The van der Waals surface area contributed by atoms with Crippen molar-refractivity contribution in [1.29, 1.82) is 0 Å². The summed E-state index contributed by atoms with van der Waals surface area (Å²) in [5.41, 5.74) is 2.12. The molecule has 3 saturated carbocycles. The highest BCUT2D eigenvalue weighted by Gasteiger charge is 2.42. The zero-order chi connectivity index (χ0) is 13.0. The quantitative estimate of drug-likeness (QED) is 0.766. The largest absolute Gasteiger partial charge is 0.331 e. The summed E-state index contributed by atoms with van der Waals surface area (Å²) in [5, 5.41) is 0. The molecule has 1 aromatic carbocycles. The third-order valence-electron chi connectivity index (χ3n) is 5.31. The molecule has 1 amide bonds. The topological polar surface area (TPSA) is 20.3 Å². The second-order valence-electron chi connectivity index (χ2n) is 6.32. The minimum absolute atomic E-state index is 0.258. The Morgan fingerprint density at radius 2 is 1.95 bits per heavy atom. The average molecular weight is 320 g/mol. The number of rotatable bonds is 1. The number of amides is 1. The number of halogens is 1. The van der Waals surface area contributed by atoms with Crippen LogP contribution in [0.1, 0.15) is 48.0 Å². The highest BCUT2D eigenvalue weighted by molar-refractivity contribution is 9.10. The summed E-state index contributed by atoms with van der Waals surface area (Å²) in [6.07, 6.45) is 6.69. The van der Waals surface area contributed by atoms with E-state index in [9.17, 15) is 4.79 Å². The lowest BCUT2D eigenvalue weighted by molar-refractivity contribution is 0.0286. The molecule has 2 bridgehead atoms. The molecule has 5 rings (SSSR count). The molecule has 1 heterocycles. The second kappa shape index (κ2) is 4.34. The van der Waals surface area contributed by atoms with E-state index in [-0.39, 0.29) is 5.91 Å². The van der Waals surface area contributed by atoms with Gasteiger partial charge in [0.25, 0.3) is 5.91 Å². The molecule has 1 atom stereocenters. The molecule has 0 spiro atoms. The van der Waals surface area contributed by atoms with E-state index in [0.717, 1.165) is 28.4 Å². The van der Waals surface area contributed by atoms with E-state index in [4.69, 9.17) is 0 Å². The summed E-state index contributed by atoms with van der Waals surface area (Å²) in [6.45, 7) is 0.829. The molecule has 19 heavy (non-hydrogen) atoms. The Bertz CT molecular complexity index is 534. The minimum atomic E-state index is 0.258. The van der Waals surface area contributed by atoms with Crippen molar-refractivity contribution in [3.05, 3.63) is 33.8 Å². The van der Waals surface area contributed by atoms with E-state index >= 15 is 0 Å². The minimum Gasteiger partial charge on any atom is -0.331 e. The molecule has 3 fully saturated rings. The van der Waals surface area contributed by atoms with E-state index < -0.39 is 0 Å². The highest BCUT2D eigenvalue weighted by Crippen LogP contribution is 2.45. The molecule has 100 valence electrons. The highest BCUT2D eigenvalue weighted by atomic mass is 79.9. The van der Waals surface area contributed by atoms with Crippen LogP contribution in [-0.2, 0) is 6.54 Å². The summed E-state index contributed by atoms with van der Waals surface area (Å²) >= 11 is 3.47. The van der Waals surface area contributed by atoms with Crippen LogP contribution in [0.15, 0.2) is 22.7 Å². The van der Waals surface area contributed by atoms with Gasteiger partial charge in [0, 0.05) is 22.6 Å². The Morgan fingerprint density at radius 3 is 2.63 bits per heavy atom. The molecule has 0 N–H and O–H groups in total. The number of hydrogen-bond donors (Lipinski definition) is 0. The van der Waals surface area contributed by atoms with Crippen molar-refractivity contribution in [3.63, 3.8) is 0 Å². The summed E-state index contributed by atoms with van der Waals surface area (Å²) in [6, 6.07) is 6.63. The Labute approximate surface area is 122 Å². The molecular formula is C16H18BrNO. The number of carbonyl (C=O) groups is 1. The standard InChI is InChI=1S/C16H18BrNO/c17-13-6-5-12-9-18(16(19)14(12)8-13)15-7-10-1-3-11(15)4-2-10/h5-6,8,10-11,15H,1-4,7,9H2. The fourth-order valence-electron chi connectivity index (χ4n) is 4.29. The summed E-state index contributed by atoms with van der Waals surface area (Å²) in [4.78, 5) is 14.8. The fraction of sp³-hybridized carbons (Fsp3) is 0.562. The Morgan fingerprint density at radius 1 is 1.16 bits per heavy atom. The van der Waals surface area contributed by atoms with Crippen LogP contribution in [0.25, 0.3) is 0 Å². The average Bonchev–Trinajstić information content (AvgIpc) is 2.77. The van der Waals surface area contributed by atoms with Gasteiger partial charge in [-0.2, -0.15) is 0 Å². The van der Waals surface area contributed by atoms with Crippen LogP contribution in [0.5, 0.6) is 0 Å². The molecule has 0 saturated heterocycles. The zero-order valence-electron chi connectivity index (χ0n) is 10.9. The molecule has 4 aliphatic rings. The maximum absolute atomic E-state index is 12.6.